The molecule has 0 amide bonds. The Kier molecular flexibility index (Phi) is 3.12. The van der Waals surface area contributed by atoms with Gasteiger partial charge in [-0.25, -0.2) is 0 Å². The minimum absolute atomic E-state index is 0.274. The van der Waals surface area contributed by atoms with Crippen LogP contribution in [0, 0.1) is 0 Å². The fraction of sp³-hybridized carbons (Fsp3) is 0. The summed E-state index contributed by atoms with van der Waals surface area (Å²) in [5, 5.41) is 1.20. The second-order valence-electron chi connectivity index (χ2n) is 1.80. The number of hydrogen-bond acceptors (Lipinski definition) is 1. The molecular weight excluding hydrogens is 246 g/mol. The van der Waals surface area contributed by atoms with Gasteiger partial charge in [0.1, 0.15) is 0 Å². The van der Waals surface area contributed by atoms with E-state index in [0.717, 1.165) is 0 Å². The summed E-state index contributed by atoms with van der Waals surface area (Å²) in [7, 11) is 0. The summed E-state index contributed by atoms with van der Waals surface area (Å²) in [6.07, 6.45) is 0. The van der Waals surface area contributed by atoms with E-state index in [-0.39, 0.29) is 10.0 Å². The van der Waals surface area contributed by atoms with Gasteiger partial charge in [0.05, 0.1) is 10.0 Å². The molecule has 0 aliphatic rings. The average molecular weight is 247 g/mol. The Balaban J connectivity index is 3.46. The number of benzene rings is 1. The zero-order valence-corrected chi connectivity index (χ0v) is 8.84. The van der Waals surface area contributed by atoms with E-state index >= 15 is 0 Å². The van der Waals surface area contributed by atoms with Gasteiger partial charge in [0.25, 0.3) is 0 Å². The lowest BCUT2D eigenvalue weighted by Crippen LogP contribution is -1.79. The predicted octanol–water partition coefficient (Wildman–Crippen LogP) is 4.21. The molecule has 0 heterocycles. The van der Waals surface area contributed by atoms with Crippen molar-refractivity contribution in [3.05, 3.63) is 26.2 Å². The van der Waals surface area contributed by atoms with Gasteiger partial charge in [0, 0.05) is 10.0 Å². The lowest BCUT2D eigenvalue weighted by atomic mass is 10.3. The first kappa shape index (κ1) is 9.69. The van der Waals surface area contributed by atoms with Crippen molar-refractivity contribution >= 4 is 59.0 Å². The summed E-state index contributed by atoms with van der Waals surface area (Å²) in [6, 6.07) is 1.46. The first-order valence-electron chi connectivity index (χ1n) is 2.54. The van der Waals surface area contributed by atoms with Crippen LogP contribution in [0.25, 0.3) is 0 Å². The molecule has 0 radical (unpaired) electrons. The highest BCUT2D eigenvalue weighted by Crippen LogP contribution is 2.36. The molecule has 0 unspecified atom stereocenters. The van der Waals surface area contributed by atoms with Crippen molar-refractivity contribution in [2.45, 2.75) is 4.90 Å². The van der Waals surface area contributed by atoms with Gasteiger partial charge in [-0.1, -0.05) is 46.4 Å². The maximum Gasteiger partial charge on any atom is 0.0592 e. The third-order valence-corrected chi connectivity index (χ3v) is 3.28. The van der Waals surface area contributed by atoms with E-state index in [1.807, 2.05) is 0 Å². The Hall–Kier alpha value is 0.600. The van der Waals surface area contributed by atoms with Crippen LogP contribution in [-0.2, 0) is 12.6 Å². The van der Waals surface area contributed by atoms with Gasteiger partial charge in [0.2, 0.25) is 0 Å². The highest BCUT2D eigenvalue weighted by atomic mass is 35.5. The first-order valence-corrected chi connectivity index (χ1v) is 4.46. The van der Waals surface area contributed by atoms with E-state index in [0.29, 0.717) is 14.9 Å². The van der Waals surface area contributed by atoms with Crippen molar-refractivity contribution in [1.29, 1.82) is 0 Å². The van der Waals surface area contributed by atoms with Crippen LogP contribution in [0.1, 0.15) is 0 Å². The predicted molar refractivity (Wildman–Crippen MR) is 52.1 cm³/mol. The van der Waals surface area contributed by atoms with Crippen LogP contribution in [0.2, 0.25) is 20.1 Å². The summed E-state index contributed by atoms with van der Waals surface area (Å²) >= 11 is 27.5. The molecule has 1 rings (SSSR count). The van der Waals surface area contributed by atoms with Gasteiger partial charge >= 0.3 is 0 Å². The van der Waals surface area contributed by atoms with Crippen LogP contribution >= 0.6 is 46.4 Å². The Morgan fingerprint density at radius 2 is 1.27 bits per heavy atom. The molecule has 0 spiro atoms. The van der Waals surface area contributed by atoms with Crippen LogP contribution in [-0.4, -0.2) is 0 Å². The zero-order chi connectivity index (χ0) is 8.59. The van der Waals surface area contributed by atoms with E-state index in [2.05, 4.69) is 0 Å². The molecule has 0 saturated heterocycles. The van der Waals surface area contributed by atoms with Gasteiger partial charge in [-0.3, -0.25) is 0 Å². The highest BCUT2D eigenvalue weighted by Gasteiger charge is 2.04. The van der Waals surface area contributed by atoms with Crippen LogP contribution in [0.5, 0.6) is 0 Å². The van der Waals surface area contributed by atoms with Gasteiger partial charge in [0.15, 0.2) is 0 Å². The maximum atomic E-state index is 5.68. The van der Waals surface area contributed by atoms with Crippen LogP contribution in [0.3, 0.4) is 0 Å². The van der Waals surface area contributed by atoms with Crippen molar-refractivity contribution in [1.82, 2.24) is 0 Å². The number of halogens is 4. The normalized spacial score (nSPS) is 10.2. The molecule has 60 valence electrons. The highest BCUT2D eigenvalue weighted by molar-refractivity contribution is 7.59. The minimum atomic E-state index is 0.274. The lowest BCUT2D eigenvalue weighted by molar-refractivity contribution is 1.47. The molecule has 0 aromatic heterocycles. The smallest absolute Gasteiger partial charge is 0.0592 e. The summed E-state index contributed by atoms with van der Waals surface area (Å²) in [5.41, 5.74) is 0. The molecule has 5 heteroatoms. The van der Waals surface area contributed by atoms with E-state index in [9.17, 15) is 0 Å². The maximum absolute atomic E-state index is 5.68. The molecule has 0 bridgehead atoms. The Bertz CT molecular complexity index is 271. The van der Waals surface area contributed by atoms with Crippen molar-refractivity contribution in [2.75, 3.05) is 0 Å². The molecule has 0 saturated carbocycles. The standard InChI is InChI=1S/C6H2Cl4S/c7-2-1-3(8)5(10)6(11)4(2)9/h1,11H/p-1. The summed E-state index contributed by atoms with van der Waals surface area (Å²) in [6.45, 7) is 0. The van der Waals surface area contributed by atoms with Gasteiger partial charge in [-0.05, 0) is 6.07 Å². The Morgan fingerprint density at radius 3 is 1.64 bits per heavy atom. The minimum Gasteiger partial charge on any atom is -0.777 e. The molecule has 0 nitrogen and oxygen atoms in total. The molecule has 0 N–H and O–H groups in total. The van der Waals surface area contributed by atoms with Crippen LogP contribution in [0.15, 0.2) is 11.0 Å². The Morgan fingerprint density at radius 1 is 0.909 bits per heavy atom. The molecule has 1 aromatic carbocycles. The summed E-state index contributed by atoms with van der Waals surface area (Å²) < 4.78 is 0. The fourth-order valence-electron chi connectivity index (χ4n) is 0.551. The van der Waals surface area contributed by atoms with Crippen molar-refractivity contribution in [3.63, 3.8) is 0 Å². The number of rotatable bonds is 0. The average Bonchev–Trinajstić information content (AvgIpc) is 1.97. The van der Waals surface area contributed by atoms with Crippen molar-refractivity contribution in [2.24, 2.45) is 0 Å². The van der Waals surface area contributed by atoms with E-state index < -0.39 is 0 Å². The Labute approximate surface area is 89.8 Å². The molecule has 0 atom stereocenters. The largest absolute Gasteiger partial charge is 0.777 e. The van der Waals surface area contributed by atoms with Gasteiger partial charge < -0.3 is 12.6 Å². The van der Waals surface area contributed by atoms with E-state index in [1.165, 1.54) is 6.07 Å². The molecular formula is C6HCl4S-. The lowest BCUT2D eigenvalue weighted by Gasteiger charge is -2.13. The monoisotopic (exact) mass is 245 g/mol. The molecule has 1 aromatic rings. The van der Waals surface area contributed by atoms with Gasteiger partial charge in [-0.2, -0.15) is 0 Å². The summed E-state index contributed by atoms with van der Waals surface area (Å²) in [4.78, 5) is 0.297. The molecule has 0 aliphatic carbocycles. The topological polar surface area (TPSA) is 0 Å². The molecule has 0 fully saturated rings. The van der Waals surface area contributed by atoms with E-state index in [4.69, 9.17) is 59.0 Å². The molecule has 0 aliphatic heterocycles. The first-order chi connectivity index (χ1) is 5.04. The fourth-order valence-corrected chi connectivity index (χ4v) is 1.69. The second kappa shape index (κ2) is 3.55. The summed E-state index contributed by atoms with van der Waals surface area (Å²) in [5.74, 6) is 0. The molecule has 11 heavy (non-hydrogen) atoms. The van der Waals surface area contributed by atoms with Crippen molar-refractivity contribution < 1.29 is 0 Å². The third-order valence-electron chi connectivity index (χ3n) is 1.07. The SMILES string of the molecule is [S-]c1c(Cl)c(Cl)cc(Cl)c1Cl. The zero-order valence-electron chi connectivity index (χ0n) is 5.00. The third kappa shape index (κ3) is 1.85. The quantitative estimate of drug-likeness (QED) is 0.488. The number of hydrogen-bond donors (Lipinski definition) is 0. The van der Waals surface area contributed by atoms with Crippen LogP contribution in [0.4, 0.5) is 0 Å². The van der Waals surface area contributed by atoms with Crippen LogP contribution < -0.4 is 0 Å². The second-order valence-corrected chi connectivity index (χ2v) is 3.78. The van der Waals surface area contributed by atoms with Crippen molar-refractivity contribution in [3.8, 4) is 0 Å². The van der Waals surface area contributed by atoms with E-state index in [1.54, 1.807) is 0 Å². The van der Waals surface area contributed by atoms with Gasteiger partial charge in [-0.15, -0.1) is 4.90 Å².